The Hall–Kier alpha value is -1.23. The molecule has 0 radical (unpaired) electrons. The highest BCUT2D eigenvalue weighted by molar-refractivity contribution is 5.59. The molecule has 20 heavy (non-hydrogen) atoms. The van der Waals surface area contributed by atoms with Gasteiger partial charge in [0.25, 0.3) is 0 Å². The number of benzene rings is 1. The summed E-state index contributed by atoms with van der Waals surface area (Å²) in [6.07, 6.45) is -4.00. The van der Waals surface area contributed by atoms with E-state index < -0.39 is 12.6 Å². The number of fused-ring (bicyclic) bond motifs is 1. The van der Waals surface area contributed by atoms with E-state index in [2.05, 4.69) is 25.2 Å². The minimum atomic E-state index is -4.08. The van der Waals surface area contributed by atoms with Gasteiger partial charge in [-0.3, -0.25) is 0 Å². The molecule has 0 saturated heterocycles. The predicted octanol–water partition coefficient (Wildman–Crippen LogP) is 3.67. The van der Waals surface area contributed by atoms with Crippen molar-refractivity contribution >= 4 is 5.69 Å². The largest absolute Gasteiger partial charge is 0.390 e. The molecular weight excluding hydrogens is 265 g/mol. The van der Waals surface area contributed by atoms with Crippen molar-refractivity contribution in [1.29, 1.82) is 0 Å². The average molecular weight is 286 g/mol. The lowest BCUT2D eigenvalue weighted by Gasteiger charge is -2.21. The van der Waals surface area contributed by atoms with Gasteiger partial charge in [0.05, 0.1) is 6.42 Å². The third kappa shape index (κ3) is 3.66. The van der Waals surface area contributed by atoms with E-state index in [1.807, 2.05) is 17.0 Å². The van der Waals surface area contributed by atoms with Crippen LogP contribution in [-0.4, -0.2) is 25.8 Å². The summed E-state index contributed by atoms with van der Waals surface area (Å²) in [6.45, 7) is 5.80. The number of halogens is 3. The lowest BCUT2D eigenvalue weighted by Crippen LogP contribution is -2.26. The quantitative estimate of drug-likeness (QED) is 0.888. The molecule has 0 bridgehead atoms. The maximum atomic E-state index is 12.3. The lowest BCUT2D eigenvalue weighted by atomic mass is 10.0. The number of nitrogens with zero attached hydrogens (tertiary/aromatic N) is 1. The first-order valence-electron chi connectivity index (χ1n) is 7.08. The first kappa shape index (κ1) is 15.2. The van der Waals surface area contributed by atoms with Gasteiger partial charge < -0.3 is 10.2 Å². The molecule has 5 heteroatoms. The van der Waals surface area contributed by atoms with Crippen LogP contribution in [0.5, 0.6) is 0 Å². The predicted molar refractivity (Wildman–Crippen MR) is 75.1 cm³/mol. The molecule has 1 aromatic rings. The summed E-state index contributed by atoms with van der Waals surface area (Å²) in [5.41, 5.74) is 3.32. The average Bonchev–Trinajstić information content (AvgIpc) is 2.78. The lowest BCUT2D eigenvalue weighted by molar-refractivity contribution is -0.132. The van der Waals surface area contributed by atoms with E-state index in [0.29, 0.717) is 6.54 Å². The van der Waals surface area contributed by atoms with Crippen LogP contribution in [-0.2, 0) is 6.42 Å². The summed E-state index contributed by atoms with van der Waals surface area (Å²) < 4.78 is 36.9. The molecule has 0 spiro atoms. The summed E-state index contributed by atoms with van der Waals surface area (Å²) in [5.74, 6) is 0. The fourth-order valence-corrected chi connectivity index (χ4v) is 2.68. The second-order valence-electron chi connectivity index (χ2n) is 5.27. The third-order valence-electron chi connectivity index (χ3n) is 3.77. The number of hydrogen-bond acceptors (Lipinski definition) is 2. The second-order valence-corrected chi connectivity index (χ2v) is 5.27. The van der Waals surface area contributed by atoms with E-state index in [4.69, 9.17) is 0 Å². The van der Waals surface area contributed by atoms with Gasteiger partial charge in [0.15, 0.2) is 0 Å². The molecule has 0 aromatic heterocycles. The summed E-state index contributed by atoms with van der Waals surface area (Å²) in [4.78, 5) is 1.84. The zero-order valence-electron chi connectivity index (χ0n) is 11.9. The van der Waals surface area contributed by atoms with Gasteiger partial charge in [0, 0.05) is 24.8 Å². The highest BCUT2D eigenvalue weighted by Gasteiger charge is 2.29. The maximum absolute atomic E-state index is 12.3. The first-order valence-corrected chi connectivity index (χ1v) is 7.08. The van der Waals surface area contributed by atoms with E-state index in [0.717, 1.165) is 24.2 Å². The Kier molecular flexibility index (Phi) is 4.58. The highest BCUT2D eigenvalue weighted by Crippen LogP contribution is 2.32. The fourth-order valence-electron chi connectivity index (χ4n) is 2.68. The van der Waals surface area contributed by atoms with Gasteiger partial charge >= 0.3 is 6.18 Å². The second kappa shape index (κ2) is 6.04. The van der Waals surface area contributed by atoms with Gasteiger partial charge in [0.1, 0.15) is 0 Å². The molecule has 1 N–H and O–H groups in total. The molecule has 1 heterocycles. The molecule has 2 nitrogen and oxygen atoms in total. The molecule has 1 unspecified atom stereocenters. The molecule has 0 fully saturated rings. The summed E-state index contributed by atoms with van der Waals surface area (Å²) >= 11 is 0. The van der Waals surface area contributed by atoms with Gasteiger partial charge in [0.2, 0.25) is 0 Å². The molecule has 1 aliphatic rings. The zero-order valence-corrected chi connectivity index (χ0v) is 11.9. The molecule has 112 valence electrons. The van der Waals surface area contributed by atoms with Crippen LogP contribution >= 0.6 is 0 Å². The number of anilines is 1. The third-order valence-corrected chi connectivity index (χ3v) is 3.77. The van der Waals surface area contributed by atoms with Gasteiger partial charge in [-0.1, -0.05) is 19.1 Å². The van der Waals surface area contributed by atoms with E-state index in [1.54, 1.807) is 0 Å². The Morgan fingerprint density at radius 3 is 2.75 bits per heavy atom. The Labute approximate surface area is 118 Å². The smallest absolute Gasteiger partial charge is 0.371 e. The normalized spacial score (nSPS) is 16.4. The van der Waals surface area contributed by atoms with E-state index in [1.165, 1.54) is 5.56 Å². The monoisotopic (exact) mass is 286 g/mol. The van der Waals surface area contributed by atoms with E-state index in [9.17, 15) is 13.2 Å². The standard InChI is InChI=1S/C15H21F3N2/c1-3-19-11(2)12-4-5-14-13(10-12)6-8-20(14)9-7-15(16,17)18/h4-5,10-11,19H,3,6-9H2,1-2H3. The molecule has 0 amide bonds. The molecule has 1 aliphatic heterocycles. The Morgan fingerprint density at radius 2 is 2.10 bits per heavy atom. The van der Waals surface area contributed by atoms with Crippen LogP contribution in [0.4, 0.5) is 18.9 Å². The summed E-state index contributed by atoms with van der Waals surface area (Å²) in [6, 6.07) is 6.37. The number of rotatable bonds is 5. The van der Waals surface area contributed by atoms with Crippen molar-refractivity contribution in [3.05, 3.63) is 29.3 Å². The fraction of sp³-hybridized carbons (Fsp3) is 0.600. The molecule has 2 rings (SSSR count). The zero-order chi connectivity index (χ0) is 14.8. The van der Waals surface area contributed by atoms with Crippen LogP contribution in [0.25, 0.3) is 0 Å². The van der Waals surface area contributed by atoms with Crippen LogP contribution in [0.15, 0.2) is 18.2 Å². The topological polar surface area (TPSA) is 15.3 Å². The van der Waals surface area contributed by atoms with Gasteiger partial charge in [-0.2, -0.15) is 13.2 Å². The minimum absolute atomic E-state index is 0.0542. The first-order chi connectivity index (χ1) is 9.40. The van der Waals surface area contributed by atoms with Crippen LogP contribution in [0, 0.1) is 0 Å². The number of nitrogens with one attached hydrogen (secondary N) is 1. The number of hydrogen-bond donors (Lipinski definition) is 1. The van der Waals surface area contributed by atoms with Gasteiger partial charge in [-0.25, -0.2) is 0 Å². The Morgan fingerprint density at radius 1 is 1.35 bits per heavy atom. The molecule has 0 saturated carbocycles. The minimum Gasteiger partial charge on any atom is -0.371 e. The maximum Gasteiger partial charge on any atom is 0.390 e. The Balaban J connectivity index is 2.06. The van der Waals surface area contributed by atoms with Crippen LogP contribution in [0.3, 0.4) is 0 Å². The van der Waals surface area contributed by atoms with Crippen molar-refractivity contribution in [2.75, 3.05) is 24.5 Å². The van der Waals surface area contributed by atoms with Gasteiger partial charge in [-0.15, -0.1) is 0 Å². The van der Waals surface area contributed by atoms with Crippen molar-refractivity contribution < 1.29 is 13.2 Å². The summed E-state index contributed by atoms with van der Waals surface area (Å²) in [7, 11) is 0. The van der Waals surface area contributed by atoms with Crippen LogP contribution < -0.4 is 10.2 Å². The van der Waals surface area contributed by atoms with Crippen molar-refractivity contribution in [3.63, 3.8) is 0 Å². The Bertz CT molecular complexity index is 457. The van der Waals surface area contributed by atoms with Crippen LogP contribution in [0.1, 0.15) is 37.4 Å². The van der Waals surface area contributed by atoms with Gasteiger partial charge in [-0.05, 0) is 37.1 Å². The van der Waals surface area contributed by atoms with E-state index >= 15 is 0 Å². The molecule has 0 aliphatic carbocycles. The van der Waals surface area contributed by atoms with E-state index in [-0.39, 0.29) is 12.6 Å². The molecule has 1 aromatic carbocycles. The molecular formula is C15H21F3N2. The van der Waals surface area contributed by atoms with Crippen molar-refractivity contribution in [2.24, 2.45) is 0 Å². The summed E-state index contributed by atoms with van der Waals surface area (Å²) in [5, 5.41) is 3.35. The number of alkyl halides is 3. The molecule has 1 atom stereocenters. The van der Waals surface area contributed by atoms with Crippen molar-refractivity contribution in [1.82, 2.24) is 5.32 Å². The van der Waals surface area contributed by atoms with Crippen molar-refractivity contribution in [3.8, 4) is 0 Å². The van der Waals surface area contributed by atoms with Crippen LogP contribution in [0.2, 0.25) is 0 Å². The highest BCUT2D eigenvalue weighted by atomic mass is 19.4. The SMILES string of the molecule is CCNC(C)c1ccc2c(c1)CCN2CCC(F)(F)F. The van der Waals surface area contributed by atoms with Crippen molar-refractivity contribution in [2.45, 2.75) is 38.9 Å².